The van der Waals surface area contributed by atoms with Crippen molar-refractivity contribution >= 4 is 28.4 Å². The first-order chi connectivity index (χ1) is 21.2. The molecule has 1 amide bonds. The molecule has 3 aliphatic rings. The molecule has 7 nitrogen and oxygen atoms in total. The van der Waals surface area contributed by atoms with Crippen LogP contribution in [0.4, 0.5) is 24.8 Å². The number of alkyl halides is 3. The van der Waals surface area contributed by atoms with Gasteiger partial charge in [-0.3, -0.25) is 9.48 Å². The predicted octanol–water partition coefficient (Wildman–Crippen LogP) is 7.89. The monoisotopic (exact) mass is 594 g/mol. The molecule has 0 unspecified atom stereocenters. The number of hydrogen-bond acceptors (Lipinski definition) is 5. The third kappa shape index (κ3) is 5.18. The molecule has 3 aromatic carbocycles. The second kappa shape index (κ2) is 9.90. The molecule has 0 spiro atoms. The van der Waals surface area contributed by atoms with Crippen LogP contribution in [0.15, 0.2) is 79.3 Å². The summed E-state index contributed by atoms with van der Waals surface area (Å²) in [6, 6.07) is 17.5. The van der Waals surface area contributed by atoms with Crippen LogP contribution in [-0.2, 0) is 11.7 Å². The van der Waals surface area contributed by atoms with Crippen molar-refractivity contribution in [2.75, 3.05) is 5.32 Å². The van der Waals surface area contributed by atoms with Gasteiger partial charge in [0.05, 0.1) is 34.5 Å². The summed E-state index contributed by atoms with van der Waals surface area (Å²) >= 11 is 0. The number of aromatic nitrogens is 4. The summed E-state index contributed by atoms with van der Waals surface area (Å²) in [4.78, 5) is 22.8. The number of nitrogens with one attached hydrogen (secondary N) is 2. The highest BCUT2D eigenvalue weighted by molar-refractivity contribution is 5.97. The maximum absolute atomic E-state index is 13.5. The Morgan fingerprint density at radius 2 is 1.80 bits per heavy atom. The van der Waals surface area contributed by atoms with Crippen LogP contribution in [-0.4, -0.2) is 25.7 Å². The summed E-state index contributed by atoms with van der Waals surface area (Å²) in [5, 5.41) is 11.6. The highest BCUT2D eigenvalue weighted by Crippen LogP contribution is 2.48. The number of nitrogens with zero attached hydrogens (tertiary/aromatic N) is 4. The van der Waals surface area contributed by atoms with E-state index in [2.05, 4.69) is 20.7 Å². The molecule has 8 rings (SSSR count). The van der Waals surface area contributed by atoms with E-state index >= 15 is 0 Å². The van der Waals surface area contributed by atoms with Gasteiger partial charge in [-0.15, -0.1) is 0 Å². The Morgan fingerprint density at radius 1 is 0.955 bits per heavy atom. The molecule has 44 heavy (non-hydrogen) atoms. The zero-order valence-electron chi connectivity index (χ0n) is 23.7. The molecule has 2 aromatic heterocycles. The van der Waals surface area contributed by atoms with E-state index in [1.807, 2.05) is 47.3 Å². The van der Waals surface area contributed by atoms with E-state index < -0.39 is 17.3 Å². The Hall–Kier alpha value is -4.73. The van der Waals surface area contributed by atoms with Crippen molar-refractivity contribution in [3.8, 4) is 11.1 Å². The Bertz CT molecular complexity index is 1920. The highest BCUT2D eigenvalue weighted by Gasteiger charge is 2.47. The predicted molar refractivity (Wildman–Crippen MR) is 161 cm³/mol. The summed E-state index contributed by atoms with van der Waals surface area (Å²) in [5.41, 5.74) is 4.15. The minimum absolute atomic E-state index is 0.301. The highest BCUT2D eigenvalue weighted by atomic mass is 19.4. The Labute approximate surface area is 251 Å². The van der Waals surface area contributed by atoms with Gasteiger partial charge in [-0.05, 0) is 97.0 Å². The SMILES string of the molecule is O=C(NC1(c2cccc(C(F)(F)F)c2)CC1)c1ccc(C2CC2)c(-c2ccc3cnc(Nc4cnn(C5CC5)c4)nc3c2)c1. The van der Waals surface area contributed by atoms with Gasteiger partial charge in [-0.25, -0.2) is 9.97 Å². The third-order valence-corrected chi connectivity index (χ3v) is 8.85. The number of fused-ring (bicyclic) bond motifs is 1. The van der Waals surface area contributed by atoms with E-state index in [-0.39, 0.29) is 5.91 Å². The number of hydrogen-bond donors (Lipinski definition) is 2. The second-order valence-electron chi connectivity index (χ2n) is 12.2. The molecular weight excluding hydrogens is 565 g/mol. The van der Waals surface area contributed by atoms with Gasteiger partial charge in [0.25, 0.3) is 5.91 Å². The molecule has 0 radical (unpaired) electrons. The van der Waals surface area contributed by atoms with Gasteiger partial charge in [0.2, 0.25) is 5.95 Å². The first-order valence-electron chi connectivity index (χ1n) is 15.0. The van der Waals surface area contributed by atoms with Crippen LogP contribution in [0.5, 0.6) is 0 Å². The molecule has 0 bridgehead atoms. The molecule has 5 aromatic rings. The van der Waals surface area contributed by atoms with E-state index in [1.54, 1.807) is 18.5 Å². The molecule has 0 saturated heterocycles. The van der Waals surface area contributed by atoms with Gasteiger partial charge in [0.1, 0.15) is 0 Å². The molecule has 3 fully saturated rings. The molecule has 0 aliphatic heterocycles. The lowest BCUT2D eigenvalue weighted by Crippen LogP contribution is -2.35. The number of amides is 1. The first kappa shape index (κ1) is 26.9. The van der Waals surface area contributed by atoms with Crippen molar-refractivity contribution in [1.29, 1.82) is 0 Å². The topological polar surface area (TPSA) is 84.7 Å². The van der Waals surface area contributed by atoms with Crippen LogP contribution < -0.4 is 10.6 Å². The van der Waals surface area contributed by atoms with Crippen LogP contribution in [0.2, 0.25) is 0 Å². The third-order valence-electron chi connectivity index (χ3n) is 8.85. The molecule has 0 atom stereocenters. The number of anilines is 2. The zero-order chi connectivity index (χ0) is 30.1. The Balaban J connectivity index is 1.08. The fourth-order valence-electron chi connectivity index (χ4n) is 5.91. The zero-order valence-corrected chi connectivity index (χ0v) is 23.7. The fourth-order valence-corrected chi connectivity index (χ4v) is 5.91. The number of halogens is 3. The lowest BCUT2D eigenvalue weighted by atomic mass is 9.93. The van der Waals surface area contributed by atoms with Crippen LogP contribution in [0.25, 0.3) is 22.0 Å². The summed E-state index contributed by atoms with van der Waals surface area (Å²) in [7, 11) is 0. The number of carbonyl (C=O) groups excluding carboxylic acids is 1. The lowest BCUT2D eigenvalue weighted by Gasteiger charge is -2.20. The summed E-state index contributed by atoms with van der Waals surface area (Å²) in [6.07, 6.45) is 6.77. The van der Waals surface area contributed by atoms with Crippen LogP contribution in [0.3, 0.4) is 0 Å². The maximum Gasteiger partial charge on any atom is 0.416 e. The largest absolute Gasteiger partial charge is 0.416 e. The van der Waals surface area contributed by atoms with Crippen LogP contribution in [0.1, 0.15) is 77.5 Å². The van der Waals surface area contributed by atoms with Crippen molar-refractivity contribution in [1.82, 2.24) is 25.1 Å². The minimum atomic E-state index is -4.44. The van der Waals surface area contributed by atoms with Gasteiger partial charge >= 0.3 is 6.18 Å². The Kier molecular flexibility index (Phi) is 6.05. The summed E-state index contributed by atoms with van der Waals surface area (Å²) in [5.74, 6) is 0.609. The van der Waals surface area contributed by atoms with Crippen molar-refractivity contribution < 1.29 is 18.0 Å². The quantitative estimate of drug-likeness (QED) is 0.191. The minimum Gasteiger partial charge on any atom is -0.343 e. The van der Waals surface area contributed by atoms with E-state index in [0.29, 0.717) is 41.9 Å². The van der Waals surface area contributed by atoms with E-state index in [0.717, 1.165) is 65.5 Å². The summed E-state index contributed by atoms with van der Waals surface area (Å²) in [6.45, 7) is 0. The number of carbonyl (C=O) groups is 1. The average molecular weight is 595 g/mol. The summed E-state index contributed by atoms with van der Waals surface area (Å²) < 4.78 is 42.1. The second-order valence-corrected chi connectivity index (χ2v) is 12.2. The van der Waals surface area contributed by atoms with E-state index in [1.165, 1.54) is 11.6 Å². The van der Waals surface area contributed by atoms with Crippen LogP contribution >= 0.6 is 0 Å². The number of rotatable bonds is 8. The van der Waals surface area contributed by atoms with Crippen molar-refractivity contribution in [3.63, 3.8) is 0 Å². The van der Waals surface area contributed by atoms with Crippen molar-refractivity contribution in [2.45, 2.75) is 62.2 Å². The molecule has 2 N–H and O–H groups in total. The smallest absolute Gasteiger partial charge is 0.343 e. The molecule has 3 aliphatic carbocycles. The van der Waals surface area contributed by atoms with Gasteiger partial charge in [-0.2, -0.15) is 18.3 Å². The van der Waals surface area contributed by atoms with E-state index in [4.69, 9.17) is 4.98 Å². The number of benzene rings is 3. The fraction of sp³-hybridized carbons (Fsp3) is 0.294. The lowest BCUT2D eigenvalue weighted by molar-refractivity contribution is -0.137. The van der Waals surface area contributed by atoms with Gasteiger partial charge < -0.3 is 10.6 Å². The molecule has 222 valence electrons. The van der Waals surface area contributed by atoms with Crippen molar-refractivity contribution in [3.05, 3.63) is 102 Å². The van der Waals surface area contributed by atoms with Gasteiger partial charge in [-0.1, -0.05) is 30.3 Å². The van der Waals surface area contributed by atoms with Gasteiger partial charge in [0.15, 0.2) is 0 Å². The molecule has 3 saturated carbocycles. The van der Waals surface area contributed by atoms with Crippen LogP contribution in [0, 0.1) is 0 Å². The van der Waals surface area contributed by atoms with Gasteiger partial charge in [0, 0.05) is 23.3 Å². The van der Waals surface area contributed by atoms with Crippen molar-refractivity contribution in [2.24, 2.45) is 0 Å². The molecular formula is C34H29F3N6O. The Morgan fingerprint density at radius 3 is 2.55 bits per heavy atom. The molecule has 2 heterocycles. The maximum atomic E-state index is 13.5. The normalized spacial score (nSPS) is 17.4. The van der Waals surface area contributed by atoms with E-state index in [9.17, 15) is 18.0 Å². The average Bonchev–Trinajstić information content (AvgIpc) is 3.90. The molecule has 10 heteroatoms. The standard InChI is InChI=1S/C34H29F3N6O/c35-34(36,37)25-3-1-2-24(16-25)33(12-13-33)42-31(44)22-8-11-28(20-4-5-20)29(14-22)21-6-7-23-17-38-32(41-30(23)15-21)40-26-18-39-43(19-26)27-9-10-27/h1-3,6-8,11,14-20,27H,4-5,9-10,12-13H2,(H,42,44)(H,38,40,41). The first-order valence-corrected chi connectivity index (χ1v) is 15.0.